The van der Waals surface area contributed by atoms with Gasteiger partial charge >= 0.3 is 0 Å². The van der Waals surface area contributed by atoms with Crippen molar-refractivity contribution < 1.29 is 4.39 Å². The quantitative estimate of drug-likeness (QED) is 0.623. The van der Waals surface area contributed by atoms with Gasteiger partial charge in [-0.05, 0) is 85.7 Å². The van der Waals surface area contributed by atoms with Crippen LogP contribution in [0.4, 0.5) is 4.39 Å². The summed E-state index contributed by atoms with van der Waals surface area (Å²) in [6.07, 6.45) is 0. The molecule has 2 rings (SSSR count). The fourth-order valence-corrected chi connectivity index (χ4v) is 3.20. The lowest BCUT2D eigenvalue weighted by molar-refractivity contribution is 0.625. The van der Waals surface area contributed by atoms with Crippen molar-refractivity contribution in [3.05, 3.63) is 69.0 Å². The molecule has 0 bridgehead atoms. The second kappa shape index (κ2) is 5.57. The summed E-state index contributed by atoms with van der Waals surface area (Å²) in [5.74, 6) is -0.246. The molecule has 0 fully saturated rings. The second-order valence-electron chi connectivity index (χ2n) is 5.46. The molecule has 0 saturated carbocycles. The van der Waals surface area contributed by atoms with E-state index < -0.39 is 0 Å². The molecule has 0 amide bonds. The van der Waals surface area contributed by atoms with Crippen LogP contribution in [0.15, 0.2) is 24.3 Å². The first kappa shape index (κ1) is 15.1. The van der Waals surface area contributed by atoms with Crippen molar-refractivity contribution in [3.63, 3.8) is 0 Å². The molecule has 0 aliphatic carbocycles. The van der Waals surface area contributed by atoms with E-state index in [9.17, 15) is 4.39 Å². The van der Waals surface area contributed by atoms with Crippen molar-refractivity contribution in [2.24, 2.45) is 0 Å². The van der Waals surface area contributed by atoms with Crippen LogP contribution < -0.4 is 0 Å². The third kappa shape index (κ3) is 2.47. The van der Waals surface area contributed by atoms with Gasteiger partial charge in [0.2, 0.25) is 0 Å². The predicted octanol–water partition coefficient (Wildman–Crippen LogP) is 5.70. The Morgan fingerprint density at radius 1 is 0.850 bits per heavy atom. The molecular weight excluding hydrogens is 271 g/mol. The molecule has 1 unspecified atom stereocenters. The summed E-state index contributed by atoms with van der Waals surface area (Å²) >= 11 is 6.64. The van der Waals surface area contributed by atoms with Gasteiger partial charge in [-0.3, -0.25) is 0 Å². The van der Waals surface area contributed by atoms with E-state index in [1.807, 2.05) is 6.07 Å². The average molecular weight is 291 g/mol. The molecule has 0 heterocycles. The van der Waals surface area contributed by atoms with E-state index >= 15 is 0 Å². The largest absolute Gasteiger partial charge is 0.207 e. The first-order valence-electron chi connectivity index (χ1n) is 6.81. The van der Waals surface area contributed by atoms with Gasteiger partial charge in [-0.2, -0.15) is 0 Å². The van der Waals surface area contributed by atoms with Crippen molar-refractivity contribution in [1.29, 1.82) is 0 Å². The molecule has 20 heavy (non-hydrogen) atoms. The van der Waals surface area contributed by atoms with E-state index in [1.54, 1.807) is 6.07 Å². The topological polar surface area (TPSA) is 0 Å². The Bertz CT molecular complexity index is 630. The van der Waals surface area contributed by atoms with Crippen molar-refractivity contribution in [2.75, 3.05) is 0 Å². The molecule has 0 spiro atoms. The molecule has 0 aromatic heterocycles. The van der Waals surface area contributed by atoms with Gasteiger partial charge in [0, 0.05) is 0 Å². The second-order valence-corrected chi connectivity index (χ2v) is 5.89. The van der Waals surface area contributed by atoms with Crippen LogP contribution in [0.5, 0.6) is 0 Å². The van der Waals surface area contributed by atoms with Gasteiger partial charge in [0.1, 0.15) is 5.82 Å². The molecule has 0 nitrogen and oxygen atoms in total. The van der Waals surface area contributed by atoms with Crippen LogP contribution in [0.2, 0.25) is 0 Å². The first-order chi connectivity index (χ1) is 9.34. The summed E-state index contributed by atoms with van der Waals surface area (Å²) in [6, 6.07) is 6.54. The minimum absolute atomic E-state index is 0.246. The van der Waals surface area contributed by atoms with E-state index in [-0.39, 0.29) is 11.2 Å². The van der Waals surface area contributed by atoms with E-state index in [1.165, 1.54) is 39.9 Å². The Morgan fingerprint density at radius 3 is 1.85 bits per heavy atom. The predicted molar refractivity (Wildman–Crippen MR) is 84.2 cm³/mol. The van der Waals surface area contributed by atoms with Crippen LogP contribution >= 0.6 is 11.6 Å². The van der Waals surface area contributed by atoms with Crippen molar-refractivity contribution in [1.82, 2.24) is 0 Å². The molecule has 2 heteroatoms. The minimum atomic E-state index is -0.316. The van der Waals surface area contributed by atoms with Crippen LogP contribution in [-0.4, -0.2) is 0 Å². The monoisotopic (exact) mass is 290 g/mol. The summed E-state index contributed by atoms with van der Waals surface area (Å²) in [5.41, 5.74) is 8.17. The Labute approximate surface area is 125 Å². The van der Waals surface area contributed by atoms with E-state index in [0.717, 1.165) is 11.1 Å². The number of benzene rings is 2. The summed E-state index contributed by atoms with van der Waals surface area (Å²) in [5, 5.41) is -0.316. The smallest absolute Gasteiger partial charge is 0.123 e. The number of hydrogen-bond donors (Lipinski definition) is 0. The highest BCUT2D eigenvalue weighted by molar-refractivity contribution is 6.22. The lowest BCUT2D eigenvalue weighted by Gasteiger charge is -2.22. The molecule has 0 saturated heterocycles. The Balaban J connectivity index is 2.64. The van der Waals surface area contributed by atoms with Crippen molar-refractivity contribution in [2.45, 2.75) is 40.0 Å². The third-order valence-electron chi connectivity index (χ3n) is 4.45. The maximum Gasteiger partial charge on any atom is 0.123 e. The molecule has 1 atom stereocenters. The van der Waals surface area contributed by atoms with Gasteiger partial charge in [0.05, 0.1) is 5.38 Å². The zero-order valence-corrected chi connectivity index (χ0v) is 13.4. The number of alkyl halides is 1. The van der Waals surface area contributed by atoms with E-state index in [4.69, 9.17) is 11.6 Å². The number of hydrogen-bond acceptors (Lipinski definition) is 0. The highest BCUT2D eigenvalue weighted by Crippen LogP contribution is 2.37. The molecule has 2 aromatic rings. The standard InChI is InChI=1S/C18H20ClF/c1-10-11(2)13(4)17(14(5)12(10)3)18(19)15-7-6-8-16(20)9-15/h6-9,18H,1-5H3. The maximum atomic E-state index is 13.4. The molecule has 0 aliphatic rings. The van der Waals surface area contributed by atoms with Gasteiger partial charge in [-0.1, -0.05) is 12.1 Å². The number of rotatable bonds is 2. The fourth-order valence-electron chi connectivity index (χ4n) is 2.74. The van der Waals surface area contributed by atoms with E-state index in [0.29, 0.717) is 0 Å². The first-order valence-corrected chi connectivity index (χ1v) is 7.24. The SMILES string of the molecule is Cc1c(C)c(C)c(C(Cl)c2cccc(F)c2)c(C)c1C. The highest BCUT2D eigenvalue weighted by atomic mass is 35.5. The lowest BCUT2D eigenvalue weighted by atomic mass is 9.86. The van der Waals surface area contributed by atoms with Crippen LogP contribution in [0.1, 0.15) is 44.3 Å². The molecule has 0 radical (unpaired) electrons. The Morgan fingerprint density at radius 2 is 1.35 bits per heavy atom. The summed E-state index contributed by atoms with van der Waals surface area (Å²) in [7, 11) is 0. The zero-order chi connectivity index (χ0) is 15.0. The van der Waals surface area contributed by atoms with Gasteiger partial charge in [0.15, 0.2) is 0 Å². The highest BCUT2D eigenvalue weighted by Gasteiger charge is 2.20. The molecule has 0 N–H and O–H groups in total. The van der Waals surface area contributed by atoms with Gasteiger partial charge in [0.25, 0.3) is 0 Å². The van der Waals surface area contributed by atoms with Crippen LogP contribution in [-0.2, 0) is 0 Å². The van der Waals surface area contributed by atoms with Crippen molar-refractivity contribution >= 4 is 11.6 Å². The average Bonchev–Trinajstić information content (AvgIpc) is 2.43. The molecule has 2 aromatic carbocycles. The van der Waals surface area contributed by atoms with Crippen LogP contribution in [0.25, 0.3) is 0 Å². The Hall–Kier alpha value is -1.34. The van der Waals surface area contributed by atoms with Crippen molar-refractivity contribution in [3.8, 4) is 0 Å². The molecular formula is C18H20ClF. The zero-order valence-electron chi connectivity index (χ0n) is 12.6. The number of halogens is 2. The minimum Gasteiger partial charge on any atom is -0.207 e. The maximum absolute atomic E-state index is 13.4. The lowest BCUT2D eigenvalue weighted by Crippen LogP contribution is -2.06. The summed E-state index contributed by atoms with van der Waals surface area (Å²) in [6.45, 7) is 10.6. The van der Waals surface area contributed by atoms with Gasteiger partial charge < -0.3 is 0 Å². The van der Waals surface area contributed by atoms with Gasteiger partial charge in [-0.25, -0.2) is 4.39 Å². The van der Waals surface area contributed by atoms with E-state index in [2.05, 4.69) is 34.6 Å². The Kier molecular flexibility index (Phi) is 4.19. The third-order valence-corrected chi connectivity index (χ3v) is 4.92. The van der Waals surface area contributed by atoms with Crippen LogP contribution in [0.3, 0.4) is 0 Å². The summed E-state index contributed by atoms with van der Waals surface area (Å²) in [4.78, 5) is 0. The van der Waals surface area contributed by atoms with Crippen LogP contribution in [0, 0.1) is 40.4 Å². The molecule has 0 aliphatic heterocycles. The fraction of sp³-hybridized carbons (Fsp3) is 0.333. The van der Waals surface area contributed by atoms with Gasteiger partial charge in [-0.15, -0.1) is 11.6 Å². The normalized spacial score (nSPS) is 12.6. The molecule has 106 valence electrons. The summed E-state index contributed by atoms with van der Waals surface area (Å²) < 4.78 is 13.4.